The fourth-order valence-corrected chi connectivity index (χ4v) is 4.09. The van der Waals surface area contributed by atoms with Gasteiger partial charge in [0.05, 0.1) is 5.75 Å². The number of nitrogens with one attached hydrogen (secondary N) is 2. The molecule has 0 amide bonds. The fraction of sp³-hybridized carbons (Fsp3) is 0.316. The molecular weight excluding hydrogens is 424 g/mol. The van der Waals surface area contributed by atoms with Gasteiger partial charge in [0.1, 0.15) is 5.82 Å². The lowest BCUT2D eigenvalue weighted by molar-refractivity contribution is 0.599. The van der Waals surface area contributed by atoms with Gasteiger partial charge in [-0.3, -0.25) is 4.99 Å². The van der Waals surface area contributed by atoms with E-state index in [9.17, 15) is 12.8 Å². The highest BCUT2D eigenvalue weighted by Crippen LogP contribution is 2.24. The molecule has 0 aromatic heterocycles. The summed E-state index contributed by atoms with van der Waals surface area (Å²) in [4.78, 5) is 4.12. The van der Waals surface area contributed by atoms with Crippen LogP contribution in [0.25, 0.3) is 0 Å². The summed E-state index contributed by atoms with van der Waals surface area (Å²) in [5.41, 5.74) is 1.95. The van der Waals surface area contributed by atoms with E-state index in [4.69, 9.17) is 23.2 Å². The number of nitrogens with zero attached hydrogens (tertiary/aromatic N) is 1. The van der Waals surface area contributed by atoms with Crippen molar-refractivity contribution in [3.8, 4) is 0 Å². The Kier molecular flexibility index (Phi) is 8.10. The zero-order valence-electron chi connectivity index (χ0n) is 15.6. The number of rotatable bonds is 7. The molecule has 9 heteroatoms. The number of halogens is 3. The Bertz CT molecular complexity index is 945. The summed E-state index contributed by atoms with van der Waals surface area (Å²) >= 11 is 12.3. The zero-order valence-corrected chi connectivity index (χ0v) is 17.9. The van der Waals surface area contributed by atoms with Crippen molar-refractivity contribution in [2.45, 2.75) is 18.7 Å². The first-order valence-electron chi connectivity index (χ1n) is 8.52. The Hall–Kier alpha value is -1.83. The highest BCUT2D eigenvalue weighted by Gasteiger charge is 2.11. The number of guanidine groups is 1. The minimum absolute atomic E-state index is 0.151. The second-order valence-corrected chi connectivity index (χ2v) is 9.24. The smallest absolute Gasteiger partial charge is 0.191 e. The van der Waals surface area contributed by atoms with Crippen LogP contribution in [0.15, 0.2) is 41.4 Å². The Morgan fingerprint density at radius 2 is 1.79 bits per heavy atom. The monoisotopic (exact) mass is 445 g/mol. The van der Waals surface area contributed by atoms with Crippen LogP contribution < -0.4 is 10.6 Å². The third-order valence-electron chi connectivity index (χ3n) is 3.99. The van der Waals surface area contributed by atoms with Gasteiger partial charge in [0.15, 0.2) is 15.8 Å². The topological polar surface area (TPSA) is 70.6 Å². The summed E-state index contributed by atoms with van der Waals surface area (Å²) in [5.74, 6) is -0.0791. The van der Waals surface area contributed by atoms with E-state index in [-0.39, 0.29) is 12.3 Å². The van der Waals surface area contributed by atoms with Gasteiger partial charge in [-0.05, 0) is 47.4 Å². The maximum absolute atomic E-state index is 13.6. The van der Waals surface area contributed by atoms with Gasteiger partial charge in [-0.1, -0.05) is 35.3 Å². The Labute approximate surface area is 174 Å². The maximum atomic E-state index is 13.6. The van der Waals surface area contributed by atoms with E-state index >= 15 is 0 Å². The number of hydrogen-bond donors (Lipinski definition) is 2. The largest absolute Gasteiger partial charge is 0.356 e. The van der Waals surface area contributed by atoms with Crippen LogP contribution in [-0.4, -0.2) is 34.2 Å². The van der Waals surface area contributed by atoms with Gasteiger partial charge < -0.3 is 10.6 Å². The second kappa shape index (κ2) is 10.1. The number of aliphatic imine (C=N–C) groups is 1. The van der Waals surface area contributed by atoms with Gasteiger partial charge in [-0.15, -0.1) is 0 Å². The molecule has 2 aromatic rings. The van der Waals surface area contributed by atoms with Gasteiger partial charge in [-0.2, -0.15) is 0 Å². The SMILES string of the molecule is CN=C(NCCc1c(Cl)cccc1Cl)NCc1cc(F)ccc1CS(C)(=O)=O. The molecule has 0 aliphatic carbocycles. The molecule has 0 saturated carbocycles. The van der Waals surface area contributed by atoms with E-state index in [2.05, 4.69) is 15.6 Å². The zero-order chi connectivity index (χ0) is 20.7. The minimum Gasteiger partial charge on any atom is -0.356 e. The molecule has 0 spiro atoms. The Morgan fingerprint density at radius 1 is 1.11 bits per heavy atom. The van der Waals surface area contributed by atoms with E-state index in [1.807, 2.05) is 0 Å². The standard InChI is InChI=1S/C19H22Cl2FN3O2S/c1-23-19(24-9-8-16-17(20)4-3-5-18(16)21)25-11-14-10-15(22)7-6-13(14)12-28(2,26)27/h3-7,10H,8-9,11-12H2,1-2H3,(H2,23,24,25). The molecule has 0 bridgehead atoms. The highest BCUT2D eigenvalue weighted by molar-refractivity contribution is 7.89. The van der Waals surface area contributed by atoms with Crippen molar-refractivity contribution < 1.29 is 12.8 Å². The first-order valence-corrected chi connectivity index (χ1v) is 11.3. The quantitative estimate of drug-likeness (QED) is 0.504. The predicted octanol–water partition coefficient (Wildman–Crippen LogP) is 3.58. The Morgan fingerprint density at radius 3 is 2.39 bits per heavy atom. The molecule has 152 valence electrons. The third-order valence-corrected chi connectivity index (χ3v) is 5.53. The van der Waals surface area contributed by atoms with Crippen molar-refractivity contribution in [3.05, 3.63) is 69.0 Å². The molecule has 0 aliphatic rings. The molecule has 2 rings (SSSR count). The summed E-state index contributed by atoms with van der Waals surface area (Å²) in [7, 11) is -1.62. The van der Waals surface area contributed by atoms with Crippen molar-refractivity contribution in [3.63, 3.8) is 0 Å². The number of hydrogen-bond acceptors (Lipinski definition) is 3. The van der Waals surface area contributed by atoms with Crippen LogP contribution in [-0.2, 0) is 28.6 Å². The summed E-state index contributed by atoms with van der Waals surface area (Å²) in [6.45, 7) is 0.762. The lowest BCUT2D eigenvalue weighted by Gasteiger charge is -2.15. The average Bonchev–Trinajstić information content (AvgIpc) is 2.61. The first-order chi connectivity index (χ1) is 13.2. The van der Waals surface area contributed by atoms with Crippen molar-refractivity contribution in [2.75, 3.05) is 19.8 Å². The summed E-state index contributed by atoms with van der Waals surface area (Å²) in [6.07, 6.45) is 1.74. The van der Waals surface area contributed by atoms with E-state index in [1.165, 1.54) is 18.2 Å². The van der Waals surface area contributed by atoms with Gasteiger partial charge in [0, 0.05) is 36.4 Å². The Balaban J connectivity index is 1.98. The molecule has 0 radical (unpaired) electrons. The van der Waals surface area contributed by atoms with Crippen molar-refractivity contribution in [2.24, 2.45) is 4.99 Å². The number of sulfone groups is 1. The van der Waals surface area contributed by atoms with Gasteiger partial charge in [-0.25, -0.2) is 12.8 Å². The van der Waals surface area contributed by atoms with E-state index in [0.717, 1.165) is 11.8 Å². The van der Waals surface area contributed by atoms with Crippen molar-refractivity contribution >= 4 is 39.0 Å². The van der Waals surface area contributed by atoms with E-state index in [0.29, 0.717) is 40.1 Å². The average molecular weight is 446 g/mol. The molecule has 0 saturated heterocycles. The minimum atomic E-state index is -3.23. The predicted molar refractivity (Wildman–Crippen MR) is 113 cm³/mol. The summed E-state index contributed by atoms with van der Waals surface area (Å²) in [6, 6.07) is 9.42. The van der Waals surface area contributed by atoms with E-state index in [1.54, 1.807) is 25.2 Å². The highest BCUT2D eigenvalue weighted by atomic mass is 35.5. The second-order valence-electron chi connectivity index (χ2n) is 6.29. The molecule has 0 heterocycles. The van der Waals surface area contributed by atoms with Crippen LogP contribution in [0.2, 0.25) is 10.0 Å². The van der Waals surface area contributed by atoms with Crippen molar-refractivity contribution in [1.29, 1.82) is 0 Å². The number of benzene rings is 2. The molecule has 0 fully saturated rings. The lowest BCUT2D eigenvalue weighted by Crippen LogP contribution is -2.38. The molecule has 5 nitrogen and oxygen atoms in total. The van der Waals surface area contributed by atoms with Crippen LogP contribution in [0.5, 0.6) is 0 Å². The third kappa shape index (κ3) is 6.96. The molecule has 28 heavy (non-hydrogen) atoms. The van der Waals surface area contributed by atoms with Crippen molar-refractivity contribution in [1.82, 2.24) is 10.6 Å². The molecule has 0 unspecified atom stereocenters. The van der Waals surface area contributed by atoms with Crippen LogP contribution in [0.4, 0.5) is 4.39 Å². The molecule has 2 N–H and O–H groups in total. The van der Waals surface area contributed by atoms with Crippen LogP contribution in [0.1, 0.15) is 16.7 Å². The van der Waals surface area contributed by atoms with Gasteiger partial charge in [0.2, 0.25) is 0 Å². The molecule has 0 aliphatic heterocycles. The van der Waals surface area contributed by atoms with Gasteiger partial charge >= 0.3 is 0 Å². The summed E-state index contributed by atoms with van der Waals surface area (Å²) in [5, 5.41) is 7.40. The normalized spacial score (nSPS) is 12.1. The van der Waals surface area contributed by atoms with Crippen LogP contribution >= 0.6 is 23.2 Å². The maximum Gasteiger partial charge on any atom is 0.191 e. The fourth-order valence-electron chi connectivity index (χ4n) is 2.66. The van der Waals surface area contributed by atoms with Crippen LogP contribution in [0.3, 0.4) is 0 Å². The molecule has 2 aromatic carbocycles. The first kappa shape index (κ1) is 22.5. The van der Waals surface area contributed by atoms with Crippen LogP contribution in [0, 0.1) is 5.82 Å². The summed E-state index contributed by atoms with van der Waals surface area (Å²) < 4.78 is 36.8. The molecular formula is C19H22Cl2FN3O2S. The lowest BCUT2D eigenvalue weighted by atomic mass is 10.1. The molecule has 0 atom stereocenters. The van der Waals surface area contributed by atoms with E-state index < -0.39 is 15.7 Å². The van der Waals surface area contributed by atoms with Gasteiger partial charge in [0.25, 0.3) is 0 Å².